The lowest BCUT2D eigenvalue weighted by atomic mass is 10.2. The van der Waals surface area contributed by atoms with Crippen molar-refractivity contribution in [3.63, 3.8) is 0 Å². The largest absolute Gasteiger partial charge is 0.493 e. The molecule has 0 unspecified atom stereocenters. The summed E-state index contributed by atoms with van der Waals surface area (Å²) in [6, 6.07) is 17.7. The van der Waals surface area contributed by atoms with Crippen LogP contribution in [0.25, 0.3) is 0 Å². The predicted octanol–water partition coefficient (Wildman–Crippen LogP) is 3.51. The molecular weight excluding hydrogens is 378 g/mol. The average molecular weight is 399 g/mol. The maximum Gasteiger partial charge on any atom is 0.262 e. The average Bonchev–Trinajstić information content (AvgIpc) is 2.73. The van der Waals surface area contributed by atoms with Crippen LogP contribution in [0.4, 0.5) is 11.5 Å². The van der Waals surface area contributed by atoms with Crippen LogP contribution >= 0.6 is 0 Å². The van der Waals surface area contributed by atoms with Crippen LogP contribution in [0, 0.1) is 0 Å². The number of aromatic nitrogens is 1. The first kappa shape index (κ1) is 19.5. The van der Waals surface area contributed by atoms with Gasteiger partial charge in [-0.05, 0) is 29.8 Å². The summed E-state index contributed by atoms with van der Waals surface area (Å²) in [6.45, 7) is 0.630. The van der Waals surface area contributed by atoms with Gasteiger partial charge in [0.2, 0.25) is 0 Å². The lowest BCUT2D eigenvalue weighted by Gasteiger charge is -2.12. The number of anilines is 2. The Morgan fingerprint density at radius 1 is 0.929 bits per heavy atom. The summed E-state index contributed by atoms with van der Waals surface area (Å²) in [6.07, 6.45) is 1.46. The molecule has 28 heavy (non-hydrogen) atoms. The van der Waals surface area contributed by atoms with E-state index in [2.05, 4.69) is 15.0 Å². The van der Waals surface area contributed by atoms with Gasteiger partial charge in [-0.1, -0.05) is 30.3 Å². The lowest BCUT2D eigenvalue weighted by molar-refractivity contribution is 0.354. The molecule has 2 aromatic carbocycles. The molecule has 8 heteroatoms. The van der Waals surface area contributed by atoms with Crippen LogP contribution < -0.4 is 19.5 Å². The van der Waals surface area contributed by atoms with Gasteiger partial charge in [0.05, 0.1) is 31.0 Å². The van der Waals surface area contributed by atoms with Crippen LogP contribution in [0.15, 0.2) is 71.8 Å². The van der Waals surface area contributed by atoms with Crippen LogP contribution in [-0.4, -0.2) is 27.6 Å². The fraction of sp³-hybridized carbons (Fsp3) is 0.150. The molecule has 7 nitrogen and oxygen atoms in total. The van der Waals surface area contributed by atoms with E-state index < -0.39 is 10.0 Å². The van der Waals surface area contributed by atoms with Gasteiger partial charge in [0.15, 0.2) is 11.5 Å². The topological polar surface area (TPSA) is 89.6 Å². The second-order valence-electron chi connectivity index (χ2n) is 5.89. The van der Waals surface area contributed by atoms with Gasteiger partial charge in [-0.2, -0.15) is 0 Å². The molecule has 0 radical (unpaired) electrons. The zero-order valence-corrected chi connectivity index (χ0v) is 16.4. The predicted molar refractivity (Wildman–Crippen MR) is 108 cm³/mol. The monoisotopic (exact) mass is 399 g/mol. The van der Waals surface area contributed by atoms with E-state index in [0.29, 0.717) is 29.5 Å². The summed E-state index contributed by atoms with van der Waals surface area (Å²) in [7, 11) is -0.844. The van der Waals surface area contributed by atoms with Crippen molar-refractivity contribution in [1.29, 1.82) is 0 Å². The minimum Gasteiger partial charge on any atom is -0.493 e. The molecule has 1 heterocycles. The second kappa shape index (κ2) is 8.62. The second-order valence-corrected chi connectivity index (χ2v) is 7.58. The van der Waals surface area contributed by atoms with E-state index in [4.69, 9.17) is 9.47 Å². The van der Waals surface area contributed by atoms with Crippen LogP contribution in [0.2, 0.25) is 0 Å². The highest BCUT2D eigenvalue weighted by molar-refractivity contribution is 7.92. The van der Waals surface area contributed by atoms with E-state index in [1.165, 1.54) is 32.5 Å². The first-order chi connectivity index (χ1) is 13.5. The molecular formula is C20H21N3O4S. The lowest BCUT2D eigenvalue weighted by Crippen LogP contribution is -2.13. The molecule has 0 aliphatic heterocycles. The molecule has 0 amide bonds. The molecule has 1 aromatic heterocycles. The summed E-state index contributed by atoms with van der Waals surface area (Å²) >= 11 is 0. The Kier molecular flexibility index (Phi) is 6.00. The minimum absolute atomic E-state index is 0.0661. The van der Waals surface area contributed by atoms with Gasteiger partial charge in [-0.25, -0.2) is 13.4 Å². The Labute approximate surface area is 164 Å². The molecule has 0 fully saturated rings. The van der Waals surface area contributed by atoms with Gasteiger partial charge >= 0.3 is 0 Å². The van der Waals surface area contributed by atoms with Crippen molar-refractivity contribution in [3.05, 3.63) is 72.4 Å². The first-order valence-electron chi connectivity index (χ1n) is 8.50. The van der Waals surface area contributed by atoms with E-state index in [1.807, 2.05) is 30.3 Å². The number of hydrogen-bond acceptors (Lipinski definition) is 6. The number of nitrogens with zero attached hydrogens (tertiary/aromatic N) is 1. The van der Waals surface area contributed by atoms with Crippen molar-refractivity contribution in [2.45, 2.75) is 11.4 Å². The van der Waals surface area contributed by atoms with Crippen molar-refractivity contribution in [3.8, 4) is 11.5 Å². The Balaban J connectivity index is 1.69. The zero-order valence-electron chi connectivity index (χ0n) is 15.5. The molecule has 146 valence electrons. The third-order valence-electron chi connectivity index (χ3n) is 4.00. The summed E-state index contributed by atoms with van der Waals surface area (Å²) in [5.74, 6) is 1.44. The molecule has 0 atom stereocenters. The number of ether oxygens (including phenoxy) is 2. The Hall–Kier alpha value is -3.26. The normalized spacial score (nSPS) is 10.9. The van der Waals surface area contributed by atoms with Crippen LogP contribution in [-0.2, 0) is 16.6 Å². The Bertz CT molecular complexity index is 1020. The van der Waals surface area contributed by atoms with Crippen molar-refractivity contribution < 1.29 is 17.9 Å². The third-order valence-corrected chi connectivity index (χ3v) is 5.38. The van der Waals surface area contributed by atoms with Gasteiger partial charge < -0.3 is 14.8 Å². The number of benzene rings is 2. The van der Waals surface area contributed by atoms with E-state index in [9.17, 15) is 8.42 Å². The number of pyridine rings is 1. The highest BCUT2D eigenvalue weighted by Crippen LogP contribution is 2.30. The molecule has 3 rings (SSSR count). The highest BCUT2D eigenvalue weighted by atomic mass is 32.2. The molecule has 0 aliphatic carbocycles. The van der Waals surface area contributed by atoms with E-state index >= 15 is 0 Å². The van der Waals surface area contributed by atoms with Gasteiger partial charge in [0.1, 0.15) is 5.82 Å². The first-order valence-corrected chi connectivity index (χ1v) is 9.99. The smallest absolute Gasteiger partial charge is 0.262 e. The number of sulfonamides is 1. The van der Waals surface area contributed by atoms with Gasteiger partial charge in [0, 0.05) is 12.6 Å². The summed E-state index contributed by atoms with van der Waals surface area (Å²) in [4.78, 5) is 4.32. The van der Waals surface area contributed by atoms with Gasteiger partial charge in [0.25, 0.3) is 10.0 Å². The third kappa shape index (κ3) is 4.72. The maximum atomic E-state index is 12.6. The number of rotatable bonds is 8. The maximum absolute atomic E-state index is 12.6. The molecule has 0 saturated heterocycles. The Morgan fingerprint density at radius 2 is 1.68 bits per heavy atom. The molecule has 0 spiro atoms. The Morgan fingerprint density at radius 3 is 2.32 bits per heavy atom. The van der Waals surface area contributed by atoms with Crippen molar-refractivity contribution in [2.24, 2.45) is 0 Å². The molecule has 2 N–H and O–H groups in total. The van der Waals surface area contributed by atoms with Crippen LogP contribution in [0.1, 0.15) is 5.56 Å². The molecule has 0 aliphatic rings. The quantitative estimate of drug-likeness (QED) is 0.602. The molecule has 0 saturated carbocycles. The van der Waals surface area contributed by atoms with Crippen LogP contribution in [0.3, 0.4) is 0 Å². The van der Waals surface area contributed by atoms with E-state index in [1.54, 1.807) is 18.2 Å². The summed E-state index contributed by atoms with van der Waals surface area (Å²) in [5.41, 5.74) is 1.49. The number of hydrogen-bond donors (Lipinski definition) is 2. The number of nitrogens with one attached hydrogen (secondary N) is 2. The van der Waals surface area contributed by atoms with E-state index in [-0.39, 0.29) is 4.90 Å². The summed E-state index contributed by atoms with van der Waals surface area (Å²) < 4.78 is 38.0. The fourth-order valence-corrected chi connectivity index (χ4v) is 3.60. The molecule has 0 bridgehead atoms. The van der Waals surface area contributed by atoms with Crippen LogP contribution in [0.5, 0.6) is 11.5 Å². The fourth-order valence-electron chi connectivity index (χ4n) is 2.55. The summed E-state index contributed by atoms with van der Waals surface area (Å²) in [5, 5.41) is 3.19. The minimum atomic E-state index is -3.78. The standard InChI is InChI=1S/C20H21N3O4S/c1-26-18-10-9-17(12-19(18)27-2)28(24,25)23-16-8-11-20(22-14-16)21-13-15-6-4-3-5-7-15/h3-12,14,23H,13H2,1-2H3,(H,21,22). The van der Waals surface area contributed by atoms with E-state index in [0.717, 1.165) is 5.56 Å². The van der Waals surface area contributed by atoms with Crippen molar-refractivity contribution >= 4 is 21.5 Å². The molecule has 3 aromatic rings. The van der Waals surface area contributed by atoms with Crippen molar-refractivity contribution in [2.75, 3.05) is 24.3 Å². The van der Waals surface area contributed by atoms with Gasteiger partial charge in [-0.15, -0.1) is 0 Å². The highest BCUT2D eigenvalue weighted by Gasteiger charge is 2.17. The SMILES string of the molecule is COc1ccc(S(=O)(=O)Nc2ccc(NCc3ccccc3)nc2)cc1OC. The van der Waals surface area contributed by atoms with Gasteiger partial charge in [-0.3, -0.25) is 4.72 Å². The number of methoxy groups -OCH3 is 2. The zero-order chi connectivity index (χ0) is 20.0. The van der Waals surface area contributed by atoms with Crippen molar-refractivity contribution in [1.82, 2.24) is 4.98 Å².